The second kappa shape index (κ2) is 9.37. The van der Waals surface area contributed by atoms with Gasteiger partial charge in [0, 0.05) is 11.6 Å². The smallest absolute Gasteiger partial charge is 0.381 e. The van der Waals surface area contributed by atoms with Gasteiger partial charge in [-0.3, -0.25) is 0 Å². The van der Waals surface area contributed by atoms with Crippen molar-refractivity contribution in [3.05, 3.63) is 95.3 Å². The highest BCUT2D eigenvalue weighted by atomic mass is 19.4. The number of aromatic nitrogens is 6. The van der Waals surface area contributed by atoms with Gasteiger partial charge in [0.15, 0.2) is 0 Å². The number of halogens is 5. The zero-order valence-corrected chi connectivity index (χ0v) is 18.2. The van der Waals surface area contributed by atoms with E-state index in [0.29, 0.717) is 17.3 Å². The maximum atomic E-state index is 14.7. The highest BCUT2D eigenvalue weighted by Gasteiger charge is 2.41. The summed E-state index contributed by atoms with van der Waals surface area (Å²) in [6.07, 6.45) is 2.76. The van der Waals surface area contributed by atoms with E-state index in [0.717, 1.165) is 24.3 Å². The minimum absolute atomic E-state index is 0.167. The Morgan fingerprint density at radius 3 is 2.43 bits per heavy atom. The number of aliphatic hydroxyl groups is 1. The van der Waals surface area contributed by atoms with E-state index < -0.39 is 35.0 Å². The summed E-state index contributed by atoms with van der Waals surface area (Å²) in [5.74, 6) is -1.74. The second-order valence-electron chi connectivity index (χ2n) is 7.89. The Kier molecular flexibility index (Phi) is 6.48. The van der Waals surface area contributed by atoms with Crippen LogP contribution in [0, 0.1) is 11.6 Å². The van der Waals surface area contributed by atoms with Crippen molar-refractivity contribution in [2.45, 2.75) is 31.3 Å². The molecule has 4 aromatic rings. The molecule has 0 spiro atoms. The van der Waals surface area contributed by atoms with E-state index in [1.54, 1.807) is 13.0 Å². The van der Waals surface area contributed by atoms with Gasteiger partial charge in [-0.2, -0.15) is 18.3 Å². The topological polar surface area (TPSA) is 81.6 Å². The molecule has 2 aromatic heterocycles. The van der Waals surface area contributed by atoms with Crippen molar-refractivity contribution in [1.29, 1.82) is 0 Å². The normalized spacial score (nSPS) is 14.8. The quantitative estimate of drug-likeness (QED) is 0.386. The minimum atomic E-state index is -4.42. The first-order chi connectivity index (χ1) is 16.6. The molecule has 2 aromatic carbocycles. The van der Waals surface area contributed by atoms with Gasteiger partial charge in [-0.25, -0.2) is 23.1 Å². The maximum absolute atomic E-state index is 14.7. The Bertz CT molecular complexity index is 1320. The molecule has 2 atom stereocenters. The van der Waals surface area contributed by atoms with Crippen molar-refractivity contribution in [3.63, 3.8) is 0 Å². The van der Waals surface area contributed by atoms with Gasteiger partial charge in [0.2, 0.25) is 0 Å². The molecule has 4 rings (SSSR count). The number of alkyl halides is 3. The monoisotopic (exact) mass is 490 g/mol. The Balaban J connectivity index is 1.60. The summed E-state index contributed by atoms with van der Waals surface area (Å²) >= 11 is 0. The van der Waals surface area contributed by atoms with Crippen molar-refractivity contribution < 1.29 is 27.1 Å². The van der Waals surface area contributed by atoms with Gasteiger partial charge < -0.3 is 5.11 Å². The summed E-state index contributed by atoms with van der Waals surface area (Å²) in [4.78, 5) is 3.83. The lowest BCUT2D eigenvalue weighted by Gasteiger charge is -2.34. The van der Waals surface area contributed by atoms with Crippen molar-refractivity contribution >= 4 is 12.2 Å². The number of benzene rings is 2. The molecule has 2 heterocycles. The average molecular weight is 490 g/mol. The summed E-state index contributed by atoms with van der Waals surface area (Å²) in [6.45, 7) is 1.37. The number of hydrogen-bond donors (Lipinski definition) is 1. The number of hydrogen-bond acceptors (Lipinski definition) is 5. The molecule has 12 heteroatoms. The Labute approximate surface area is 196 Å². The van der Waals surface area contributed by atoms with E-state index >= 15 is 0 Å². The molecule has 0 bridgehead atoms. The van der Waals surface area contributed by atoms with Crippen molar-refractivity contribution in [2.75, 3.05) is 0 Å². The predicted octanol–water partition coefficient (Wildman–Crippen LogP) is 4.49. The molecule has 0 amide bonds. The van der Waals surface area contributed by atoms with Gasteiger partial charge in [0.05, 0.1) is 24.3 Å². The van der Waals surface area contributed by atoms with Crippen molar-refractivity contribution in [3.8, 4) is 0 Å². The third-order valence-corrected chi connectivity index (χ3v) is 5.57. The summed E-state index contributed by atoms with van der Waals surface area (Å²) in [7, 11) is 0. The van der Waals surface area contributed by atoms with Gasteiger partial charge >= 0.3 is 6.18 Å². The van der Waals surface area contributed by atoms with Crippen LogP contribution in [-0.4, -0.2) is 34.9 Å². The molecule has 0 aliphatic carbocycles. The lowest BCUT2D eigenvalue weighted by molar-refractivity contribution is -0.137. The SMILES string of the molecule is C[C@@H](n1cc(/C=C\c2ccc(C(F)(F)F)cc2)nn1)[C@](O)(Cn1cncn1)c1ccc(F)cc1F. The lowest BCUT2D eigenvalue weighted by Crippen LogP contribution is -2.41. The fourth-order valence-corrected chi connectivity index (χ4v) is 3.58. The van der Waals surface area contributed by atoms with Gasteiger partial charge in [0.25, 0.3) is 0 Å². The second-order valence-corrected chi connectivity index (χ2v) is 7.89. The van der Waals surface area contributed by atoms with Crippen molar-refractivity contribution in [2.24, 2.45) is 0 Å². The summed E-state index contributed by atoms with van der Waals surface area (Å²) in [5.41, 5.74) is -1.99. The van der Waals surface area contributed by atoms with E-state index in [-0.39, 0.29) is 12.1 Å². The maximum Gasteiger partial charge on any atom is 0.416 e. The van der Waals surface area contributed by atoms with Crippen LogP contribution in [0.25, 0.3) is 12.2 Å². The van der Waals surface area contributed by atoms with E-state index in [4.69, 9.17) is 0 Å². The Hall–Kier alpha value is -3.93. The van der Waals surface area contributed by atoms with E-state index in [1.807, 2.05) is 0 Å². The summed E-state index contributed by atoms with van der Waals surface area (Å²) in [5, 5.41) is 23.6. The summed E-state index contributed by atoms with van der Waals surface area (Å²) < 4.78 is 69.0. The van der Waals surface area contributed by atoms with Crippen LogP contribution < -0.4 is 0 Å². The fourth-order valence-electron chi connectivity index (χ4n) is 3.58. The van der Waals surface area contributed by atoms with E-state index in [2.05, 4.69) is 20.4 Å². The van der Waals surface area contributed by atoms with Crippen LogP contribution in [0.3, 0.4) is 0 Å². The molecular weight excluding hydrogens is 471 g/mol. The Morgan fingerprint density at radius 1 is 1.06 bits per heavy atom. The van der Waals surface area contributed by atoms with Crippen LogP contribution in [0.2, 0.25) is 0 Å². The first kappa shape index (κ1) is 24.2. The molecule has 0 saturated carbocycles. The van der Waals surface area contributed by atoms with Crippen molar-refractivity contribution in [1.82, 2.24) is 29.8 Å². The average Bonchev–Trinajstić information content (AvgIpc) is 3.49. The lowest BCUT2D eigenvalue weighted by atomic mass is 9.86. The van der Waals surface area contributed by atoms with Gasteiger partial charge in [-0.1, -0.05) is 29.5 Å². The molecule has 0 aliphatic heterocycles. The van der Waals surface area contributed by atoms with Crippen LogP contribution >= 0.6 is 0 Å². The third kappa shape index (κ3) is 5.27. The molecule has 0 aliphatic rings. The van der Waals surface area contributed by atoms with E-state index in [1.165, 1.54) is 46.4 Å². The van der Waals surface area contributed by atoms with Crippen LogP contribution in [-0.2, 0) is 18.3 Å². The Morgan fingerprint density at radius 2 is 1.80 bits per heavy atom. The predicted molar refractivity (Wildman–Crippen MR) is 115 cm³/mol. The minimum Gasteiger partial charge on any atom is -0.381 e. The van der Waals surface area contributed by atoms with Gasteiger partial charge in [-0.15, -0.1) is 5.10 Å². The zero-order valence-electron chi connectivity index (χ0n) is 18.2. The molecular formula is C23H19F5N6O. The van der Waals surface area contributed by atoms with Crippen LogP contribution in [0.4, 0.5) is 22.0 Å². The molecule has 35 heavy (non-hydrogen) atoms. The number of rotatable bonds is 7. The summed E-state index contributed by atoms with van der Waals surface area (Å²) in [6, 6.07) is 6.56. The standard InChI is InChI=1S/C23H19F5N6O/c1-15(22(35,12-33-14-29-13-30-33)20-9-7-18(24)10-21(20)25)34-11-19(31-32-34)8-4-16-2-5-17(6-3-16)23(26,27)28/h2-11,13-15,35H,12H2,1H3/b8-4-/t15-,22-/m1/s1. The number of nitrogens with zero attached hydrogens (tertiary/aromatic N) is 6. The highest BCUT2D eigenvalue weighted by Crippen LogP contribution is 2.36. The van der Waals surface area contributed by atoms with Gasteiger partial charge in [0.1, 0.15) is 35.6 Å². The third-order valence-electron chi connectivity index (χ3n) is 5.57. The molecule has 0 fully saturated rings. The zero-order chi connectivity index (χ0) is 25.2. The molecule has 0 radical (unpaired) electrons. The molecule has 0 unspecified atom stereocenters. The fraction of sp³-hybridized carbons (Fsp3) is 0.217. The van der Waals surface area contributed by atoms with E-state index in [9.17, 15) is 27.1 Å². The molecule has 182 valence electrons. The largest absolute Gasteiger partial charge is 0.416 e. The molecule has 0 saturated heterocycles. The molecule has 1 N–H and O–H groups in total. The first-order valence-corrected chi connectivity index (χ1v) is 10.3. The highest BCUT2D eigenvalue weighted by molar-refractivity contribution is 5.67. The van der Waals surface area contributed by atoms with Crippen LogP contribution in [0.5, 0.6) is 0 Å². The first-order valence-electron chi connectivity index (χ1n) is 10.3. The van der Waals surface area contributed by atoms with Crippen LogP contribution in [0.15, 0.2) is 61.3 Å². The molecule has 7 nitrogen and oxygen atoms in total. The van der Waals surface area contributed by atoms with Crippen LogP contribution in [0.1, 0.15) is 35.3 Å². The van der Waals surface area contributed by atoms with Gasteiger partial charge in [-0.05, 0) is 36.8 Å².